The van der Waals surface area contributed by atoms with Crippen molar-refractivity contribution in [2.75, 3.05) is 13.1 Å². The zero-order chi connectivity index (χ0) is 23.2. The van der Waals surface area contributed by atoms with Crippen LogP contribution in [0.1, 0.15) is 15.9 Å². The lowest BCUT2D eigenvalue weighted by molar-refractivity contribution is -0.120. The molecule has 0 radical (unpaired) electrons. The predicted molar refractivity (Wildman–Crippen MR) is 119 cm³/mol. The van der Waals surface area contributed by atoms with Gasteiger partial charge in [-0.3, -0.25) is 19.0 Å². The van der Waals surface area contributed by atoms with Crippen molar-refractivity contribution in [3.8, 4) is 0 Å². The minimum Gasteiger partial charge on any atom is -0.353 e. The highest BCUT2D eigenvalue weighted by molar-refractivity contribution is 5.96. The summed E-state index contributed by atoms with van der Waals surface area (Å²) in [6.45, 7) is 0.416. The van der Waals surface area contributed by atoms with Crippen LogP contribution in [-0.2, 0) is 17.9 Å². The number of fused-ring (bicyclic) bond motifs is 1. The van der Waals surface area contributed by atoms with Gasteiger partial charge in [-0.15, -0.1) is 0 Å². The Morgan fingerprint density at radius 3 is 2.55 bits per heavy atom. The molecule has 2 heterocycles. The van der Waals surface area contributed by atoms with Gasteiger partial charge in [-0.1, -0.05) is 36.4 Å². The van der Waals surface area contributed by atoms with Crippen molar-refractivity contribution in [3.05, 3.63) is 94.4 Å². The summed E-state index contributed by atoms with van der Waals surface area (Å²) in [5, 5.41) is 9.72. The van der Waals surface area contributed by atoms with Crippen LogP contribution >= 0.6 is 0 Å². The molecule has 0 fully saturated rings. The molecule has 2 aromatic carbocycles. The molecule has 0 saturated carbocycles. The van der Waals surface area contributed by atoms with E-state index in [0.29, 0.717) is 22.2 Å². The molecule has 2 N–H and O–H groups in total. The van der Waals surface area contributed by atoms with Gasteiger partial charge in [0.1, 0.15) is 17.5 Å². The average molecular weight is 448 g/mol. The number of amides is 2. The fourth-order valence-electron chi connectivity index (χ4n) is 3.30. The molecule has 10 heteroatoms. The van der Waals surface area contributed by atoms with Gasteiger partial charge in [0, 0.05) is 17.7 Å². The molecule has 9 nitrogen and oxygen atoms in total. The van der Waals surface area contributed by atoms with Gasteiger partial charge in [0.15, 0.2) is 5.65 Å². The smallest absolute Gasteiger partial charge is 0.264 e. The van der Waals surface area contributed by atoms with Gasteiger partial charge in [0.2, 0.25) is 5.91 Å². The maximum atomic E-state index is 13.9. The van der Waals surface area contributed by atoms with Crippen molar-refractivity contribution < 1.29 is 14.0 Å². The van der Waals surface area contributed by atoms with Crippen LogP contribution in [0.3, 0.4) is 0 Å². The van der Waals surface area contributed by atoms with E-state index in [1.807, 2.05) is 0 Å². The van der Waals surface area contributed by atoms with E-state index in [2.05, 4.69) is 20.7 Å². The fourth-order valence-corrected chi connectivity index (χ4v) is 3.30. The molecule has 4 aromatic rings. The molecule has 4 rings (SSSR count). The Kier molecular flexibility index (Phi) is 6.53. The second kappa shape index (κ2) is 9.86. The van der Waals surface area contributed by atoms with Crippen molar-refractivity contribution >= 4 is 22.8 Å². The number of carbonyl (C=O) groups is 2. The highest BCUT2D eigenvalue weighted by atomic mass is 19.1. The van der Waals surface area contributed by atoms with Gasteiger partial charge >= 0.3 is 0 Å². The standard InChI is InChI=1S/C23H21FN6O3/c24-19-9-5-4-8-17(19)14-29-15-27-21-18(23(29)33)12-28-30(21)11-10-25-20(31)13-26-22(32)16-6-2-1-3-7-16/h1-9,12,15H,10-11,13-14H2,(H,25,31)(H,26,32). The van der Waals surface area contributed by atoms with E-state index < -0.39 is 5.82 Å². The lowest BCUT2D eigenvalue weighted by Gasteiger charge is -2.08. The summed E-state index contributed by atoms with van der Waals surface area (Å²) in [6.07, 6.45) is 2.76. The van der Waals surface area contributed by atoms with Gasteiger partial charge in [0.25, 0.3) is 11.5 Å². The molecular formula is C23H21FN6O3. The van der Waals surface area contributed by atoms with Crippen molar-refractivity contribution in [1.82, 2.24) is 30.0 Å². The lowest BCUT2D eigenvalue weighted by Crippen LogP contribution is -2.38. The molecule has 0 aliphatic carbocycles. The summed E-state index contributed by atoms with van der Waals surface area (Å²) in [5.41, 5.74) is 0.897. The van der Waals surface area contributed by atoms with Crippen LogP contribution in [0.15, 0.2) is 71.9 Å². The SMILES string of the molecule is O=C(CNC(=O)c1ccccc1)NCCn1ncc2c(=O)n(Cc3ccccc3F)cnc21. The highest BCUT2D eigenvalue weighted by Gasteiger charge is 2.12. The summed E-state index contributed by atoms with van der Waals surface area (Å²) in [7, 11) is 0. The van der Waals surface area contributed by atoms with Gasteiger partial charge in [-0.05, 0) is 18.2 Å². The summed E-state index contributed by atoms with van der Waals surface area (Å²) in [6, 6.07) is 14.8. The molecule has 0 spiro atoms. The van der Waals surface area contributed by atoms with E-state index in [1.165, 1.54) is 27.8 Å². The maximum absolute atomic E-state index is 13.9. The van der Waals surface area contributed by atoms with Crippen molar-refractivity contribution in [1.29, 1.82) is 0 Å². The van der Waals surface area contributed by atoms with Crippen molar-refractivity contribution in [3.63, 3.8) is 0 Å². The number of nitrogens with one attached hydrogen (secondary N) is 2. The number of carbonyl (C=O) groups excluding carboxylic acids is 2. The topological polar surface area (TPSA) is 111 Å². The molecule has 0 unspecified atom stereocenters. The largest absolute Gasteiger partial charge is 0.353 e. The monoisotopic (exact) mass is 448 g/mol. The Balaban J connectivity index is 1.33. The Bertz CT molecular complexity index is 1350. The number of nitrogens with zero attached hydrogens (tertiary/aromatic N) is 4. The third kappa shape index (κ3) is 5.12. The molecule has 168 valence electrons. The average Bonchev–Trinajstić information content (AvgIpc) is 3.25. The fraction of sp³-hybridized carbons (Fsp3) is 0.174. The van der Waals surface area contributed by atoms with E-state index in [9.17, 15) is 18.8 Å². The number of aromatic nitrogens is 4. The zero-order valence-electron chi connectivity index (χ0n) is 17.6. The third-order valence-corrected chi connectivity index (χ3v) is 5.01. The quantitative estimate of drug-likeness (QED) is 0.423. The molecule has 0 saturated heterocycles. The van der Waals surface area contributed by atoms with Crippen LogP contribution in [-0.4, -0.2) is 44.2 Å². The van der Waals surface area contributed by atoms with Crippen molar-refractivity contribution in [2.45, 2.75) is 13.1 Å². The normalized spacial score (nSPS) is 10.8. The number of benzene rings is 2. The molecule has 0 atom stereocenters. The summed E-state index contributed by atoms with van der Waals surface area (Å²) < 4.78 is 16.7. The predicted octanol–water partition coefficient (Wildman–Crippen LogP) is 1.33. The Hall–Kier alpha value is -4.34. The Morgan fingerprint density at radius 1 is 1.00 bits per heavy atom. The number of halogens is 1. The third-order valence-electron chi connectivity index (χ3n) is 5.01. The van der Waals surface area contributed by atoms with Crippen LogP contribution in [0.25, 0.3) is 11.0 Å². The lowest BCUT2D eigenvalue weighted by atomic mass is 10.2. The number of hydrogen-bond acceptors (Lipinski definition) is 5. The molecule has 2 aromatic heterocycles. The van der Waals surface area contributed by atoms with Crippen LogP contribution < -0.4 is 16.2 Å². The van der Waals surface area contributed by atoms with Crippen LogP contribution in [0, 0.1) is 5.82 Å². The second-order valence-electron chi connectivity index (χ2n) is 7.27. The minimum absolute atomic E-state index is 0.0599. The number of rotatable bonds is 8. The van der Waals surface area contributed by atoms with Crippen LogP contribution in [0.4, 0.5) is 4.39 Å². The van der Waals surface area contributed by atoms with E-state index in [1.54, 1.807) is 48.5 Å². The Labute approximate surface area is 187 Å². The van der Waals surface area contributed by atoms with E-state index >= 15 is 0 Å². The first-order chi connectivity index (χ1) is 16.0. The minimum atomic E-state index is -0.393. The second-order valence-corrected chi connectivity index (χ2v) is 7.27. The zero-order valence-corrected chi connectivity index (χ0v) is 17.6. The van der Waals surface area contributed by atoms with Crippen LogP contribution in [0.5, 0.6) is 0 Å². The van der Waals surface area contributed by atoms with Gasteiger partial charge in [0.05, 0.1) is 25.8 Å². The number of hydrogen-bond donors (Lipinski definition) is 2. The summed E-state index contributed by atoms with van der Waals surface area (Å²) in [4.78, 5) is 41.0. The molecule has 2 amide bonds. The molecule has 33 heavy (non-hydrogen) atoms. The Morgan fingerprint density at radius 2 is 1.76 bits per heavy atom. The van der Waals surface area contributed by atoms with E-state index in [0.717, 1.165) is 0 Å². The maximum Gasteiger partial charge on any atom is 0.264 e. The van der Waals surface area contributed by atoms with Gasteiger partial charge < -0.3 is 10.6 Å². The molecule has 0 bridgehead atoms. The molecule has 0 aliphatic rings. The highest BCUT2D eigenvalue weighted by Crippen LogP contribution is 2.09. The summed E-state index contributed by atoms with van der Waals surface area (Å²) >= 11 is 0. The first kappa shape index (κ1) is 21.9. The van der Waals surface area contributed by atoms with Crippen LogP contribution in [0.2, 0.25) is 0 Å². The first-order valence-corrected chi connectivity index (χ1v) is 10.3. The van der Waals surface area contributed by atoms with Gasteiger partial charge in [-0.2, -0.15) is 5.10 Å². The van der Waals surface area contributed by atoms with E-state index in [-0.39, 0.29) is 43.6 Å². The van der Waals surface area contributed by atoms with E-state index in [4.69, 9.17) is 0 Å². The van der Waals surface area contributed by atoms with Gasteiger partial charge in [-0.25, -0.2) is 14.1 Å². The molecular weight excluding hydrogens is 427 g/mol. The first-order valence-electron chi connectivity index (χ1n) is 10.3. The molecule has 0 aliphatic heterocycles. The van der Waals surface area contributed by atoms with Crippen molar-refractivity contribution in [2.24, 2.45) is 0 Å². The summed E-state index contributed by atoms with van der Waals surface area (Å²) in [5.74, 6) is -1.08.